The quantitative estimate of drug-likeness (QED) is 0.658. The third-order valence-corrected chi connectivity index (χ3v) is 2.57. The number of carbonyl (C=O) groups is 2. The van der Waals surface area contributed by atoms with Crippen LogP contribution < -0.4 is 20.5 Å². The van der Waals surface area contributed by atoms with Crippen LogP contribution in [0.4, 0.5) is 0 Å². The van der Waals surface area contributed by atoms with Crippen LogP contribution in [-0.4, -0.2) is 12.8 Å². The maximum atomic E-state index is 11.5. The molecule has 22 heavy (non-hydrogen) atoms. The highest BCUT2D eigenvalue weighted by atomic mass is 31.1. The van der Waals surface area contributed by atoms with Crippen molar-refractivity contribution < 1.29 is 23.2 Å². The first-order chi connectivity index (χ1) is 10.7. The van der Waals surface area contributed by atoms with Gasteiger partial charge < -0.3 is 11.5 Å². The standard InChI is InChI=1S/C12H10O3P.2CH3NO/c13-16(14-11-7-3-1-4-8-11)15-12-9-5-2-6-10-12;2*2-1-3/h1-10H;2*1H,(H2,2,3)/q+1;;. The van der Waals surface area contributed by atoms with Gasteiger partial charge in [0.05, 0.1) is 0 Å². The SMILES string of the molecule is NC=O.NC=O.O=[P+](Oc1ccccc1)Oc1ccccc1. The van der Waals surface area contributed by atoms with Crippen molar-refractivity contribution in [3.05, 3.63) is 60.7 Å². The summed E-state index contributed by atoms with van der Waals surface area (Å²) < 4.78 is 21.7. The zero-order chi connectivity index (χ0) is 16.6. The van der Waals surface area contributed by atoms with Crippen molar-refractivity contribution in [2.75, 3.05) is 0 Å². The van der Waals surface area contributed by atoms with Crippen molar-refractivity contribution in [2.45, 2.75) is 0 Å². The molecule has 0 aliphatic carbocycles. The van der Waals surface area contributed by atoms with Gasteiger partial charge in [-0.1, -0.05) is 36.4 Å². The second-order valence-electron chi connectivity index (χ2n) is 3.30. The number of amides is 2. The van der Waals surface area contributed by atoms with Gasteiger partial charge in [0.2, 0.25) is 12.8 Å². The molecule has 0 heterocycles. The average molecular weight is 323 g/mol. The van der Waals surface area contributed by atoms with Gasteiger partial charge in [-0.25, -0.2) is 9.05 Å². The summed E-state index contributed by atoms with van der Waals surface area (Å²) in [5.41, 5.74) is 8.33. The van der Waals surface area contributed by atoms with Crippen molar-refractivity contribution in [2.24, 2.45) is 11.5 Å². The molecule has 0 atom stereocenters. The summed E-state index contributed by atoms with van der Waals surface area (Å²) >= 11 is 0. The minimum Gasteiger partial charge on any atom is -0.372 e. The highest BCUT2D eigenvalue weighted by Gasteiger charge is 2.23. The predicted molar refractivity (Wildman–Crippen MR) is 82.2 cm³/mol. The summed E-state index contributed by atoms with van der Waals surface area (Å²) in [6.45, 7) is 0. The van der Waals surface area contributed by atoms with E-state index < -0.39 is 8.25 Å². The van der Waals surface area contributed by atoms with E-state index in [1.807, 2.05) is 12.1 Å². The molecule has 0 spiro atoms. The molecule has 0 unspecified atom stereocenters. The number of hydrogen-bond donors (Lipinski definition) is 2. The summed E-state index contributed by atoms with van der Waals surface area (Å²) in [7, 11) is -2.18. The zero-order valence-corrected chi connectivity index (χ0v) is 12.5. The number of primary amides is 2. The van der Waals surface area contributed by atoms with Crippen LogP contribution in [0.3, 0.4) is 0 Å². The average Bonchev–Trinajstić information content (AvgIpc) is 2.51. The molecule has 8 heteroatoms. The number of hydrogen-bond acceptors (Lipinski definition) is 5. The lowest BCUT2D eigenvalue weighted by Gasteiger charge is -1.92. The molecule has 0 aromatic heterocycles. The lowest BCUT2D eigenvalue weighted by atomic mass is 10.3. The van der Waals surface area contributed by atoms with E-state index in [9.17, 15) is 4.57 Å². The van der Waals surface area contributed by atoms with E-state index in [1.165, 1.54) is 0 Å². The van der Waals surface area contributed by atoms with Crippen LogP contribution in [-0.2, 0) is 14.2 Å². The topological polar surface area (TPSA) is 122 Å². The first kappa shape index (κ1) is 19.1. The molecule has 2 amide bonds. The molecular formula is C14H16N2O5P+. The van der Waals surface area contributed by atoms with Gasteiger partial charge in [-0.3, -0.25) is 9.59 Å². The summed E-state index contributed by atoms with van der Waals surface area (Å²) in [5.74, 6) is 1.05. The molecule has 2 aromatic rings. The molecule has 0 radical (unpaired) electrons. The second kappa shape index (κ2) is 13.1. The maximum Gasteiger partial charge on any atom is 0.805 e. The molecule has 116 valence electrons. The molecule has 0 saturated carbocycles. The van der Waals surface area contributed by atoms with Gasteiger partial charge in [0, 0.05) is 4.57 Å². The monoisotopic (exact) mass is 323 g/mol. The van der Waals surface area contributed by atoms with E-state index in [1.54, 1.807) is 48.5 Å². The Morgan fingerprint density at radius 2 is 1.00 bits per heavy atom. The molecule has 2 aromatic carbocycles. The van der Waals surface area contributed by atoms with Gasteiger partial charge in [0.15, 0.2) is 11.5 Å². The Morgan fingerprint density at radius 3 is 1.27 bits per heavy atom. The maximum absolute atomic E-state index is 11.5. The minimum atomic E-state index is -2.18. The number of para-hydroxylation sites is 2. The van der Waals surface area contributed by atoms with Gasteiger partial charge in [-0.2, -0.15) is 0 Å². The van der Waals surface area contributed by atoms with Gasteiger partial charge in [0.25, 0.3) is 0 Å². The molecular weight excluding hydrogens is 307 g/mol. The lowest BCUT2D eigenvalue weighted by molar-refractivity contribution is -0.107. The van der Waals surface area contributed by atoms with E-state index in [0.29, 0.717) is 11.5 Å². The number of benzene rings is 2. The van der Waals surface area contributed by atoms with E-state index in [-0.39, 0.29) is 12.8 Å². The van der Waals surface area contributed by atoms with Gasteiger partial charge in [-0.15, -0.1) is 0 Å². The first-order valence-corrected chi connectivity index (χ1v) is 7.01. The van der Waals surface area contributed by atoms with Crippen molar-refractivity contribution in [3.63, 3.8) is 0 Å². The molecule has 2 rings (SSSR count). The van der Waals surface area contributed by atoms with Crippen LogP contribution in [0.1, 0.15) is 0 Å². The summed E-state index contributed by atoms with van der Waals surface area (Å²) in [6.07, 6.45) is 0.500. The van der Waals surface area contributed by atoms with Gasteiger partial charge in [-0.05, 0) is 24.3 Å². The van der Waals surface area contributed by atoms with E-state index >= 15 is 0 Å². The third kappa shape index (κ3) is 9.94. The van der Waals surface area contributed by atoms with Crippen LogP contribution in [0.5, 0.6) is 11.5 Å². The van der Waals surface area contributed by atoms with Crippen molar-refractivity contribution in [1.29, 1.82) is 0 Å². The Balaban J connectivity index is 0.000000639. The van der Waals surface area contributed by atoms with Crippen LogP contribution in [0, 0.1) is 0 Å². The van der Waals surface area contributed by atoms with Crippen molar-refractivity contribution in [1.82, 2.24) is 0 Å². The fourth-order valence-corrected chi connectivity index (χ4v) is 1.78. The predicted octanol–water partition coefficient (Wildman–Crippen LogP) is 2.00. The minimum absolute atomic E-state index is 0.250. The number of rotatable bonds is 4. The summed E-state index contributed by atoms with van der Waals surface area (Å²) in [5, 5.41) is 0. The van der Waals surface area contributed by atoms with E-state index in [0.717, 1.165) is 0 Å². The first-order valence-electron chi connectivity index (χ1n) is 5.92. The third-order valence-electron chi connectivity index (χ3n) is 1.85. The van der Waals surface area contributed by atoms with E-state index in [2.05, 4.69) is 11.5 Å². The van der Waals surface area contributed by atoms with Crippen LogP contribution in [0.25, 0.3) is 0 Å². The van der Waals surface area contributed by atoms with Gasteiger partial charge >= 0.3 is 8.25 Å². The molecule has 7 nitrogen and oxygen atoms in total. The van der Waals surface area contributed by atoms with E-state index in [4.69, 9.17) is 18.6 Å². The van der Waals surface area contributed by atoms with Crippen molar-refractivity contribution >= 4 is 21.1 Å². The molecule has 0 aliphatic rings. The van der Waals surface area contributed by atoms with Crippen LogP contribution in [0.2, 0.25) is 0 Å². The van der Waals surface area contributed by atoms with Crippen LogP contribution >= 0.6 is 8.25 Å². The summed E-state index contributed by atoms with van der Waals surface area (Å²) in [4.78, 5) is 17.2. The fraction of sp³-hybridized carbons (Fsp3) is 0. The summed E-state index contributed by atoms with van der Waals surface area (Å²) in [6, 6.07) is 17.8. The molecule has 0 bridgehead atoms. The Hall–Kier alpha value is -2.92. The second-order valence-corrected chi connectivity index (χ2v) is 4.12. The Morgan fingerprint density at radius 1 is 0.727 bits per heavy atom. The Bertz CT molecular complexity index is 502. The Labute approximate surface area is 128 Å². The smallest absolute Gasteiger partial charge is 0.372 e. The zero-order valence-electron chi connectivity index (χ0n) is 11.6. The highest BCUT2D eigenvalue weighted by molar-refractivity contribution is 7.34. The van der Waals surface area contributed by atoms with Gasteiger partial charge in [0.1, 0.15) is 0 Å². The van der Waals surface area contributed by atoms with Crippen LogP contribution in [0.15, 0.2) is 60.7 Å². The molecule has 0 aliphatic heterocycles. The molecule has 0 saturated heterocycles. The number of nitrogens with two attached hydrogens (primary N) is 2. The highest BCUT2D eigenvalue weighted by Crippen LogP contribution is 2.29. The van der Waals surface area contributed by atoms with Crippen molar-refractivity contribution in [3.8, 4) is 11.5 Å². The Kier molecular flexibility index (Phi) is 11.3. The largest absolute Gasteiger partial charge is 0.805 e. The normalized spacial score (nSPS) is 8.00. The molecule has 4 N–H and O–H groups in total. The fourth-order valence-electron chi connectivity index (χ4n) is 1.15. The number of carbonyl (C=O) groups excluding carboxylic acids is 2. The lowest BCUT2D eigenvalue weighted by Crippen LogP contribution is -1.87. The molecule has 0 fully saturated rings.